The van der Waals surface area contributed by atoms with Crippen molar-refractivity contribution in [2.24, 2.45) is 0 Å². The number of aromatic nitrogens is 3. The van der Waals surface area contributed by atoms with E-state index in [4.69, 9.17) is 0 Å². The third-order valence-electron chi connectivity index (χ3n) is 3.65. The van der Waals surface area contributed by atoms with Gasteiger partial charge in [-0.3, -0.25) is 9.78 Å². The zero-order chi connectivity index (χ0) is 17.2. The number of rotatable bonds is 3. The van der Waals surface area contributed by atoms with E-state index in [1.54, 1.807) is 29.4 Å². The van der Waals surface area contributed by atoms with Gasteiger partial charge >= 0.3 is 6.18 Å². The minimum absolute atomic E-state index is 0.212. The standard InChI is InChI=1S/C15H14F3N5O/c16-15(17,18)12-5-7-20-14(22-12)21-11-4-2-8-23(13(11)24)10-3-1-6-19-9-10/h1,3,5-7,9,11H,2,4,8H2,(H,20,21,22)/t11-/m1/s1. The van der Waals surface area contributed by atoms with Crippen LogP contribution < -0.4 is 10.2 Å². The van der Waals surface area contributed by atoms with Crippen molar-refractivity contribution in [3.05, 3.63) is 42.5 Å². The smallest absolute Gasteiger partial charge is 0.342 e. The lowest BCUT2D eigenvalue weighted by molar-refractivity contribution is -0.141. The number of carbonyl (C=O) groups excluding carboxylic acids is 1. The van der Waals surface area contributed by atoms with Crippen molar-refractivity contribution < 1.29 is 18.0 Å². The van der Waals surface area contributed by atoms with Crippen molar-refractivity contribution in [2.45, 2.75) is 25.1 Å². The lowest BCUT2D eigenvalue weighted by Crippen LogP contribution is -2.48. The van der Waals surface area contributed by atoms with Gasteiger partial charge in [-0.25, -0.2) is 9.97 Å². The molecular weight excluding hydrogens is 323 g/mol. The predicted octanol–water partition coefficient (Wildman–Crippen LogP) is 2.50. The largest absolute Gasteiger partial charge is 0.433 e. The highest BCUT2D eigenvalue weighted by Gasteiger charge is 2.34. The number of amides is 1. The number of halogens is 3. The van der Waals surface area contributed by atoms with Crippen molar-refractivity contribution in [3.63, 3.8) is 0 Å². The zero-order valence-electron chi connectivity index (χ0n) is 12.5. The summed E-state index contributed by atoms with van der Waals surface area (Å²) in [4.78, 5) is 25.3. The van der Waals surface area contributed by atoms with Crippen molar-refractivity contribution in [3.8, 4) is 0 Å². The minimum atomic E-state index is -4.56. The van der Waals surface area contributed by atoms with Crippen LogP contribution in [0.5, 0.6) is 0 Å². The Morgan fingerprint density at radius 3 is 2.79 bits per heavy atom. The lowest BCUT2D eigenvalue weighted by atomic mass is 10.0. The van der Waals surface area contributed by atoms with Crippen molar-refractivity contribution in [1.82, 2.24) is 15.0 Å². The summed E-state index contributed by atoms with van der Waals surface area (Å²) in [7, 11) is 0. The molecule has 0 saturated carbocycles. The normalized spacial score (nSPS) is 18.5. The highest BCUT2D eigenvalue weighted by atomic mass is 19.4. The summed E-state index contributed by atoms with van der Waals surface area (Å²) in [6, 6.07) is 3.59. The molecule has 1 atom stereocenters. The Hall–Kier alpha value is -2.71. The van der Waals surface area contributed by atoms with Gasteiger partial charge in [0.2, 0.25) is 11.9 Å². The van der Waals surface area contributed by atoms with Crippen LogP contribution in [0.25, 0.3) is 0 Å². The first-order valence-electron chi connectivity index (χ1n) is 7.33. The topological polar surface area (TPSA) is 71.0 Å². The van der Waals surface area contributed by atoms with Crippen LogP contribution in [0.1, 0.15) is 18.5 Å². The Labute approximate surface area is 135 Å². The fraction of sp³-hybridized carbons (Fsp3) is 0.333. The molecule has 1 amide bonds. The molecular formula is C15H14F3N5O. The van der Waals surface area contributed by atoms with Gasteiger partial charge in [0.25, 0.3) is 0 Å². The molecule has 9 heteroatoms. The molecule has 0 bridgehead atoms. The van der Waals surface area contributed by atoms with Crippen LogP contribution in [-0.4, -0.2) is 33.4 Å². The summed E-state index contributed by atoms with van der Waals surface area (Å²) >= 11 is 0. The average molecular weight is 337 g/mol. The molecule has 0 aromatic carbocycles. The van der Waals surface area contributed by atoms with Crippen LogP contribution in [0.15, 0.2) is 36.8 Å². The number of anilines is 2. The van der Waals surface area contributed by atoms with Crippen LogP contribution >= 0.6 is 0 Å². The van der Waals surface area contributed by atoms with Crippen LogP contribution in [-0.2, 0) is 11.0 Å². The Bertz CT molecular complexity index is 723. The number of piperidine rings is 1. The number of nitrogens with one attached hydrogen (secondary N) is 1. The number of hydrogen-bond donors (Lipinski definition) is 1. The SMILES string of the molecule is O=C1[C@H](Nc2nccc(C(F)(F)F)n2)CCCN1c1cccnc1. The molecule has 0 spiro atoms. The first-order valence-corrected chi connectivity index (χ1v) is 7.33. The molecule has 1 N–H and O–H groups in total. The highest BCUT2D eigenvalue weighted by Crippen LogP contribution is 2.28. The van der Waals surface area contributed by atoms with Gasteiger partial charge in [-0.2, -0.15) is 13.2 Å². The third-order valence-corrected chi connectivity index (χ3v) is 3.65. The molecule has 0 unspecified atom stereocenters. The van der Waals surface area contributed by atoms with Gasteiger partial charge < -0.3 is 10.2 Å². The van der Waals surface area contributed by atoms with Gasteiger partial charge in [0.15, 0.2) is 0 Å². The van der Waals surface area contributed by atoms with E-state index in [0.717, 1.165) is 12.3 Å². The monoisotopic (exact) mass is 337 g/mol. The van der Waals surface area contributed by atoms with E-state index in [0.29, 0.717) is 25.1 Å². The second-order valence-corrected chi connectivity index (χ2v) is 5.30. The molecule has 6 nitrogen and oxygen atoms in total. The molecule has 1 aliphatic rings. The molecule has 126 valence electrons. The van der Waals surface area contributed by atoms with Gasteiger partial charge in [0, 0.05) is 18.9 Å². The maximum Gasteiger partial charge on any atom is 0.433 e. The van der Waals surface area contributed by atoms with Crippen molar-refractivity contribution in [1.29, 1.82) is 0 Å². The highest BCUT2D eigenvalue weighted by molar-refractivity contribution is 5.99. The molecule has 1 fully saturated rings. The zero-order valence-corrected chi connectivity index (χ0v) is 12.5. The maximum absolute atomic E-state index is 12.7. The fourth-order valence-electron chi connectivity index (χ4n) is 2.52. The molecule has 0 radical (unpaired) electrons. The second kappa shape index (κ2) is 6.42. The van der Waals surface area contributed by atoms with E-state index in [9.17, 15) is 18.0 Å². The molecule has 0 aliphatic carbocycles. The van der Waals surface area contributed by atoms with E-state index < -0.39 is 17.9 Å². The van der Waals surface area contributed by atoms with Gasteiger partial charge in [0.1, 0.15) is 11.7 Å². The average Bonchev–Trinajstić information content (AvgIpc) is 2.57. The van der Waals surface area contributed by atoms with Gasteiger partial charge in [-0.15, -0.1) is 0 Å². The van der Waals surface area contributed by atoms with Gasteiger partial charge in [0.05, 0.1) is 11.9 Å². The van der Waals surface area contributed by atoms with Gasteiger partial charge in [-0.1, -0.05) is 0 Å². The first kappa shape index (κ1) is 16.2. The van der Waals surface area contributed by atoms with Crippen LogP contribution in [0, 0.1) is 0 Å². The molecule has 1 saturated heterocycles. The molecule has 3 heterocycles. The molecule has 1 aliphatic heterocycles. The third kappa shape index (κ3) is 3.44. The Morgan fingerprint density at radius 2 is 2.08 bits per heavy atom. The van der Waals surface area contributed by atoms with Crippen molar-refractivity contribution in [2.75, 3.05) is 16.8 Å². The summed E-state index contributed by atoms with van der Waals surface area (Å²) in [6.07, 6.45) is 0.833. The minimum Gasteiger partial charge on any atom is -0.342 e. The fourth-order valence-corrected chi connectivity index (χ4v) is 2.52. The summed E-state index contributed by atoms with van der Waals surface area (Å²) in [6.45, 7) is 0.534. The first-order chi connectivity index (χ1) is 11.4. The molecule has 3 rings (SSSR count). The lowest BCUT2D eigenvalue weighted by Gasteiger charge is -2.32. The van der Waals surface area contributed by atoms with E-state index in [-0.39, 0.29) is 11.9 Å². The summed E-state index contributed by atoms with van der Waals surface area (Å²) in [5.74, 6) is -0.452. The molecule has 2 aromatic heterocycles. The van der Waals surface area contributed by atoms with E-state index in [1.165, 1.54) is 0 Å². The number of carbonyl (C=O) groups is 1. The summed E-state index contributed by atoms with van der Waals surface area (Å²) < 4.78 is 38.1. The quantitative estimate of drug-likeness (QED) is 0.932. The van der Waals surface area contributed by atoms with Gasteiger partial charge in [-0.05, 0) is 31.0 Å². The summed E-state index contributed by atoms with van der Waals surface area (Å²) in [5.41, 5.74) is -0.397. The molecule has 24 heavy (non-hydrogen) atoms. The van der Waals surface area contributed by atoms with Crippen LogP contribution in [0.4, 0.5) is 24.8 Å². The van der Waals surface area contributed by atoms with E-state index >= 15 is 0 Å². The van der Waals surface area contributed by atoms with E-state index in [2.05, 4.69) is 20.3 Å². The number of nitrogens with zero attached hydrogens (tertiary/aromatic N) is 4. The Balaban J connectivity index is 1.77. The van der Waals surface area contributed by atoms with Crippen LogP contribution in [0.2, 0.25) is 0 Å². The molecule has 2 aromatic rings. The van der Waals surface area contributed by atoms with E-state index in [1.807, 2.05) is 0 Å². The second-order valence-electron chi connectivity index (χ2n) is 5.30. The number of pyridine rings is 1. The number of alkyl halides is 3. The predicted molar refractivity (Wildman–Crippen MR) is 80.3 cm³/mol. The van der Waals surface area contributed by atoms with Crippen molar-refractivity contribution >= 4 is 17.5 Å². The Morgan fingerprint density at radius 1 is 1.25 bits per heavy atom. The summed E-state index contributed by atoms with van der Waals surface area (Å²) in [5, 5.41) is 2.71. The Kier molecular flexibility index (Phi) is 4.32. The maximum atomic E-state index is 12.7. The number of hydrogen-bond acceptors (Lipinski definition) is 5. The van der Waals surface area contributed by atoms with Crippen LogP contribution in [0.3, 0.4) is 0 Å².